The van der Waals surface area contributed by atoms with Gasteiger partial charge in [0.1, 0.15) is 0 Å². The van der Waals surface area contributed by atoms with Crippen molar-refractivity contribution >= 4 is 0 Å². The maximum atomic E-state index is 6.11. The molecule has 19 heavy (non-hydrogen) atoms. The van der Waals surface area contributed by atoms with Crippen molar-refractivity contribution in [3.63, 3.8) is 0 Å². The minimum Gasteiger partial charge on any atom is -0.380 e. The molecule has 0 aromatic carbocycles. The van der Waals surface area contributed by atoms with E-state index in [1.54, 1.807) is 0 Å². The van der Waals surface area contributed by atoms with Gasteiger partial charge in [0.2, 0.25) is 0 Å². The van der Waals surface area contributed by atoms with E-state index in [1.165, 1.54) is 12.8 Å². The number of pyridine rings is 1. The Kier molecular flexibility index (Phi) is 5.31. The highest BCUT2D eigenvalue weighted by atomic mass is 16.5. The van der Waals surface area contributed by atoms with Crippen LogP contribution in [0.5, 0.6) is 0 Å². The second-order valence-electron chi connectivity index (χ2n) is 5.56. The molecule has 0 aliphatic heterocycles. The molecule has 0 amide bonds. The molecular weight excluding hydrogens is 238 g/mol. The third-order valence-corrected chi connectivity index (χ3v) is 3.60. The highest BCUT2D eigenvalue weighted by Gasteiger charge is 2.23. The van der Waals surface area contributed by atoms with Crippen LogP contribution in [0.1, 0.15) is 31.5 Å². The molecule has 1 aromatic rings. The molecule has 2 N–H and O–H groups in total. The van der Waals surface area contributed by atoms with Crippen LogP contribution < -0.4 is 5.73 Å². The van der Waals surface area contributed by atoms with Gasteiger partial charge in [0.25, 0.3) is 0 Å². The Bertz CT molecular complexity index is 365. The molecule has 1 heterocycles. The van der Waals surface area contributed by atoms with Crippen LogP contribution in [0.3, 0.4) is 0 Å². The quantitative estimate of drug-likeness (QED) is 0.727. The lowest BCUT2D eigenvalue weighted by atomic mass is 10.1. The van der Waals surface area contributed by atoms with Gasteiger partial charge in [0, 0.05) is 25.4 Å². The van der Waals surface area contributed by atoms with Crippen LogP contribution in [0.25, 0.3) is 0 Å². The van der Waals surface area contributed by atoms with Crippen molar-refractivity contribution in [3.05, 3.63) is 30.1 Å². The Morgan fingerprint density at radius 2 is 2.26 bits per heavy atom. The summed E-state index contributed by atoms with van der Waals surface area (Å²) in [5.41, 5.74) is 7.14. The van der Waals surface area contributed by atoms with Crippen LogP contribution in [0.2, 0.25) is 0 Å². The van der Waals surface area contributed by atoms with Gasteiger partial charge in [0.15, 0.2) is 0 Å². The maximum Gasteiger partial charge on any atom is 0.0669 e. The predicted octanol–water partition coefficient (Wildman–Crippen LogP) is 1.83. The molecule has 0 radical (unpaired) electrons. The Balaban J connectivity index is 1.83. The van der Waals surface area contributed by atoms with Crippen molar-refractivity contribution in [1.82, 2.24) is 9.88 Å². The zero-order valence-corrected chi connectivity index (χ0v) is 12.0. The second kappa shape index (κ2) is 6.98. The summed E-state index contributed by atoms with van der Waals surface area (Å²) in [5.74, 6) is 0.824. The van der Waals surface area contributed by atoms with Gasteiger partial charge in [-0.05, 0) is 44.9 Å². The molecular formula is C15H25N3O. The van der Waals surface area contributed by atoms with Crippen molar-refractivity contribution in [2.24, 2.45) is 11.7 Å². The molecule has 2 unspecified atom stereocenters. The molecule has 4 heteroatoms. The monoisotopic (exact) mass is 263 g/mol. The van der Waals surface area contributed by atoms with Crippen molar-refractivity contribution in [1.29, 1.82) is 0 Å². The summed E-state index contributed by atoms with van der Waals surface area (Å²) in [7, 11) is 2.09. The third kappa shape index (κ3) is 4.56. The summed E-state index contributed by atoms with van der Waals surface area (Å²) in [6.45, 7) is 4.60. The van der Waals surface area contributed by atoms with Gasteiger partial charge in [0.05, 0.1) is 18.3 Å². The van der Waals surface area contributed by atoms with Crippen LogP contribution in [0.15, 0.2) is 24.4 Å². The third-order valence-electron chi connectivity index (χ3n) is 3.60. The van der Waals surface area contributed by atoms with Gasteiger partial charge >= 0.3 is 0 Å². The summed E-state index contributed by atoms with van der Waals surface area (Å²) < 4.78 is 5.69. The Labute approximate surface area is 116 Å². The molecule has 0 bridgehead atoms. The first-order chi connectivity index (χ1) is 9.18. The van der Waals surface area contributed by atoms with Crippen molar-refractivity contribution in [3.8, 4) is 0 Å². The molecule has 1 aliphatic rings. The van der Waals surface area contributed by atoms with Crippen LogP contribution in [-0.4, -0.2) is 42.7 Å². The van der Waals surface area contributed by atoms with Crippen LogP contribution in [0.4, 0.5) is 0 Å². The first-order valence-corrected chi connectivity index (χ1v) is 7.13. The Hall–Kier alpha value is -0.970. The fourth-order valence-electron chi connectivity index (χ4n) is 2.33. The van der Waals surface area contributed by atoms with E-state index >= 15 is 0 Å². The van der Waals surface area contributed by atoms with Gasteiger partial charge in [-0.25, -0.2) is 0 Å². The fourth-order valence-corrected chi connectivity index (χ4v) is 2.33. The van der Waals surface area contributed by atoms with E-state index in [1.807, 2.05) is 31.3 Å². The number of nitrogens with two attached hydrogens (primary N) is 1. The molecule has 2 atom stereocenters. The smallest absolute Gasteiger partial charge is 0.0669 e. The first-order valence-electron chi connectivity index (χ1n) is 7.13. The minimum absolute atomic E-state index is 0.0448. The minimum atomic E-state index is 0.0448. The highest BCUT2D eigenvalue weighted by molar-refractivity contribution is 5.10. The van der Waals surface area contributed by atoms with E-state index in [0.717, 1.165) is 31.4 Å². The fraction of sp³-hybridized carbons (Fsp3) is 0.667. The molecule has 1 saturated carbocycles. The predicted molar refractivity (Wildman–Crippen MR) is 76.8 cm³/mol. The van der Waals surface area contributed by atoms with E-state index in [-0.39, 0.29) is 12.1 Å². The molecule has 106 valence electrons. The van der Waals surface area contributed by atoms with Crippen molar-refractivity contribution in [2.75, 3.05) is 26.8 Å². The topological polar surface area (TPSA) is 51.4 Å². The van der Waals surface area contributed by atoms with Gasteiger partial charge in [-0.2, -0.15) is 0 Å². The number of hydrogen-bond donors (Lipinski definition) is 1. The molecule has 1 aliphatic carbocycles. The average molecular weight is 263 g/mol. The summed E-state index contributed by atoms with van der Waals surface area (Å²) in [6, 6.07) is 6.17. The van der Waals surface area contributed by atoms with E-state index in [0.29, 0.717) is 0 Å². The lowest BCUT2D eigenvalue weighted by Gasteiger charge is -2.30. The van der Waals surface area contributed by atoms with Gasteiger partial charge in [-0.3, -0.25) is 9.88 Å². The largest absolute Gasteiger partial charge is 0.380 e. The standard InChI is InChI=1S/C15H25N3O/c1-12(16)15(14-5-3-4-8-17-14)18(2)9-10-19-11-13-6-7-13/h3-5,8,12-13,15H,6-7,9-11,16H2,1-2H3. The first kappa shape index (κ1) is 14.4. The van der Waals surface area contributed by atoms with Crippen LogP contribution in [0, 0.1) is 5.92 Å². The summed E-state index contributed by atoms with van der Waals surface area (Å²) in [6.07, 6.45) is 4.50. The lowest BCUT2D eigenvalue weighted by Crippen LogP contribution is -2.39. The van der Waals surface area contributed by atoms with Gasteiger partial charge < -0.3 is 10.5 Å². The molecule has 0 saturated heterocycles. The number of rotatable bonds is 8. The zero-order chi connectivity index (χ0) is 13.7. The SMILES string of the molecule is CC(N)C(c1ccccn1)N(C)CCOCC1CC1. The van der Waals surface area contributed by atoms with Crippen LogP contribution in [-0.2, 0) is 4.74 Å². The average Bonchev–Trinajstić information content (AvgIpc) is 3.20. The number of hydrogen-bond acceptors (Lipinski definition) is 4. The van der Waals surface area contributed by atoms with Gasteiger partial charge in [-0.15, -0.1) is 0 Å². The van der Waals surface area contributed by atoms with E-state index in [9.17, 15) is 0 Å². The number of aromatic nitrogens is 1. The lowest BCUT2D eigenvalue weighted by molar-refractivity contribution is 0.0868. The van der Waals surface area contributed by atoms with E-state index in [4.69, 9.17) is 10.5 Å². The van der Waals surface area contributed by atoms with E-state index in [2.05, 4.69) is 16.9 Å². The molecule has 4 nitrogen and oxygen atoms in total. The molecule has 0 spiro atoms. The van der Waals surface area contributed by atoms with Crippen molar-refractivity contribution in [2.45, 2.75) is 31.8 Å². The van der Waals surface area contributed by atoms with Crippen LogP contribution >= 0.6 is 0 Å². The Morgan fingerprint density at radius 1 is 1.47 bits per heavy atom. The second-order valence-corrected chi connectivity index (χ2v) is 5.56. The summed E-state index contributed by atoms with van der Waals surface area (Å²) in [5, 5.41) is 0. The normalized spacial score (nSPS) is 18.5. The zero-order valence-electron chi connectivity index (χ0n) is 12.0. The number of nitrogens with zero attached hydrogens (tertiary/aromatic N) is 2. The van der Waals surface area contributed by atoms with Gasteiger partial charge in [-0.1, -0.05) is 6.07 Å². The number of ether oxygens (including phenoxy) is 1. The maximum absolute atomic E-state index is 6.11. The molecule has 2 rings (SSSR count). The summed E-state index contributed by atoms with van der Waals surface area (Å²) >= 11 is 0. The highest BCUT2D eigenvalue weighted by Crippen LogP contribution is 2.28. The molecule has 1 aromatic heterocycles. The van der Waals surface area contributed by atoms with Crippen molar-refractivity contribution < 1.29 is 4.74 Å². The Morgan fingerprint density at radius 3 is 2.84 bits per heavy atom. The molecule has 1 fully saturated rings. The number of likely N-dealkylation sites (N-methyl/N-ethyl adjacent to an activating group) is 1. The summed E-state index contributed by atoms with van der Waals surface area (Å²) in [4.78, 5) is 6.66. The van der Waals surface area contributed by atoms with E-state index < -0.39 is 0 Å².